The highest BCUT2D eigenvalue weighted by molar-refractivity contribution is 6.32. The number of allylic oxidation sites excluding steroid dienone is 1. The van der Waals surface area contributed by atoms with Crippen LogP contribution in [0.1, 0.15) is 39.0 Å². The van der Waals surface area contributed by atoms with Crippen molar-refractivity contribution in [3.63, 3.8) is 0 Å². The van der Waals surface area contributed by atoms with Gasteiger partial charge in [-0.25, -0.2) is 0 Å². The average molecular weight is 297 g/mol. The van der Waals surface area contributed by atoms with Gasteiger partial charge in [0, 0.05) is 16.2 Å². The Balaban J connectivity index is 2.05. The topological polar surface area (TPSA) is 17.1 Å². The van der Waals surface area contributed by atoms with Gasteiger partial charge in [0.2, 0.25) is 0 Å². The summed E-state index contributed by atoms with van der Waals surface area (Å²) in [5.74, 6) is 0.142. The van der Waals surface area contributed by atoms with Gasteiger partial charge in [0.15, 0.2) is 5.78 Å². The molecule has 0 bridgehead atoms. The summed E-state index contributed by atoms with van der Waals surface area (Å²) >= 11 is 6.19. The zero-order valence-electron chi connectivity index (χ0n) is 12.2. The maximum absolute atomic E-state index is 12.7. The number of hydrogen-bond acceptors (Lipinski definition) is 1. The molecule has 0 amide bonds. The van der Waals surface area contributed by atoms with Gasteiger partial charge in [-0.2, -0.15) is 0 Å². The molecule has 0 atom stereocenters. The molecule has 106 valence electrons. The van der Waals surface area contributed by atoms with Gasteiger partial charge < -0.3 is 0 Å². The summed E-state index contributed by atoms with van der Waals surface area (Å²) in [7, 11) is 0. The molecule has 0 saturated heterocycles. The molecule has 3 rings (SSSR count). The molecule has 1 aliphatic rings. The third-order valence-electron chi connectivity index (χ3n) is 4.03. The van der Waals surface area contributed by atoms with Crippen LogP contribution in [0.4, 0.5) is 0 Å². The first-order valence-corrected chi connectivity index (χ1v) is 7.54. The van der Waals surface area contributed by atoms with Crippen molar-refractivity contribution < 1.29 is 4.79 Å². The second kappa shape index (κ2) is 5.50. The molecule has 0 radical (unpaired) electrons. The van der Waals surface area contributed by atoms with Gasteiger partial charge in [-0.15, -0.1) is 0 Å². The number of rotatable bonds is 1. The van der Waals surface area contributed by atoms with Crippen molar-refractivity contribution in [2.24, 2.45) is 0 Å². The molecular weight excluding hydrogens is 280 g/mol. The second-order valence-corrected chi connectivity index (χ2v) is 6.04. The van der Waals surface area contributed by atoms with Gasteiger partial charge in [0.05, 0.1) is 0 Å². The van der Waals surface area contributed by atoms with Gasteiger partial charge in [-0.05, 0) is 61.6 Å². The Labute approximate surface area is 130 Å². The first kappa shape index (κ1) is 14.1. The maximum atomic E-state index is 12.7. The largest absolute Gasteiger partial charge is 0.289 e. The predicted octanol–water partition coefficient (Wildman–Crippen LogP) is 5.17. The van der Waals surface area contributed by atoms with E-state index in [1.807, 2.05) is 43.3 Å². The van der Waals surface area contributed by atoms with Crippen molar-refractivity contribution in [1.29, 1.82) is 0 Å². The Morgan fingerprint density at radius 1 is 1.10 bits per heavy atom. The minimum atomic E-state index is 0.142. The molecule has 0 N–H and O–H groups in total. The Hall–Kier alpha value is -1.86. The van der Waals surface area contributed by atoms with E-state index < -0.39 is 0 Å². The molecule has 0 heterocycles. The quantitative estimate of drug-likeness (QED) is 0.664. The fourth-order valence-corrected chi connectivity index (χ4v) is 3.19. The van der Waals surface area contributed by atoms with Crippen LogP contribution in [0.2, 0.25) is 5.02 Å². The molecule has 2 aromatic rings. The van der Waals surface area contributed by atoms with Crippen LogP contribution in [0.15, 0.2) is 42.0 Å². The SMILES string of the molecule is Cc1cc(C)c2c(c1)C(=O)C(=Cc1ccccc1Cl)CC2. The first-order valence-electron chi connectivity index (χ1n) is 7.16. The van der Waals surface area contributed by atoms with Crippen molar-refractivity contribution in [2.75, 3.05) is 0 Å². The molecule has 21 heavy (non-hydrogen) atoms. The third-order valence-corrected chi connectivity index (χ3v) is 4.38. The van der Waals surface area contributed by atoms with Crippen LogP contribution in [0.25, 0.3) is 6.08 Å². The van der Waals surface area contributed by atoms with Crippen LogP contribution in [-0.2, 0) is 6.42 Å². The zero-order chi connectivity index (χ0) is 15.0. The summed E-state index contributed by atoms with van der Waals surface area (Å²) in [6, 6.07) is 11.8. The summed E-state index contributed by atoms with van der Waals surface area (Å²) < 4.78 is 0. The lowest BCUT2D eigenvalue weighted by molar-refractivity contribution is 0.102. The average Bonchev–Trinajstić information content (AvgIpc) is 2.44. The molecule has 0 spiro atoms. The second-order valence-electron chi connectivity index (χ2n) is 5.63. The summed E-state index contributed by atoms with van der Waals surface area (Å²) in [6.07, 6.45) is 3.63. The Bertz CT molecular complexity index is 756. The Morgan fingerprint density at radius 3 is 2.62 bits per heavy atom. The normalized spacial score (nSPS) is 16.1. The predicted molar refractivity (Wildman–Crippen MR) is 88.0 cm³/mol. The van der Waals surface area contributed by atoms with Crippen LogP contribution in [0.5, 0.6) is 0 Å². The van der Waals surface area contributed by atoms with Gasteiger partial charge >= 0.3 is 0 Å². The van der Waals surface area contributed by atoms with Crippen LogP contribution < -0.4 is 0 Å². The standard InChI is InChI=1S/C19H17ClO/c1-12-9-13(2)16-8-7-15(19(21)17(16)10-12)11-14-5-3-4-6-18(14)20/h3-6,9-11H,7-8H2,1-2H3. The van der Waals surface area contributed by atoms with Gasteiger partial charge in [-0.1, -0.05) is 41.4 Å². The molecular formula is C19H17ClO. The number of halogens is 1. The van der Waals surface area contributed by atoms with Crippen LogP contribution in [0.3, 0.4) is 0 Å². The number of hydrogen-bond donors (Lipinski definition) is 0. The molecule has 0 aliphatic heterocycles. The van der Waals surface area contributed by atoms with Crippen LogP contribution in [0, 0.1) is 13.8 Å². The van der Waals surface area contributed by atoms with E-state index in [9.17, 15) is 4.79 Å². The Morgan fingerprint density at radius 2 is 1.86 bits per heavy atom. The molecule has 2 heteroatoms. The molecule has 1 nitrogen and oxygen atoms in total. The Kier molecular flexibility index (Phi) is 3.69. The molecule has 2 aromatic carbocycles. The number of fused-ring (bicyclic) bond motifs is 1. The lowest BCUT2D eigenvalue weighted by Gasteiger charge is -2.20. The van der Waals surface area contributed by atoms with E-state index in [-0.39, 0.29) is 5.78 Å². The van der Waals surface area contributed by atoms with Gasteiger partial charge in [0.1, 0.15) is 0 Å². The lowest BCUT2D eigenvalue weighted by Crippen LogP contribution is -2.15. The summed E-state index contributed by atoms with van der Waals surface area (Å²) in [4.78, 5) is 12.7. The highest BCUT2D eigenvalue weighted by Crippen LogP contribution is 2.30. The van der Waals surface area contributed by atoms with Crippen molar-refractivity contribution in [2.45, 2.75) is 26.7 Å². The van der Waals surface area contributed by atoms with Crippen molar-refractivity contribution in [3.05, 3.63) is 74.8 Å². The van der Waals surface area contributed by atoms with E-state index in [0.717, 1.165) is 35.1 Å². The van der Waals surface area contributed by atoms with E-state index >= 15 is 0 Å². The van der Waals surface area contributed by atoms with E-state index in [1.54, 1.807) is 0 Å². The van der Waals surface area contributed by atoms with Crippen molar-refractivity contribution >= 4 is 23.5 Å². The third kappa shape index (κ3) is 2.66. The van der Waals surface area contributed by atoms with E-state index in [0.29, 0.717) is 5.02 Å². The molecule has 0 unspecified atom stereocenters. The molecule has 1 aliphatic carbocycles. The smallest absolute Gasteiger partial charge is 0.189 e. The highest BCUT2D eigenvalue weighted by Gasteiger charge is 2.23. The van der Waals surface area contributed by atoms with Gasteiger partial charge in [-0.3, -0.25) is 4.79 Å². The number of carbonyl (C=O) groups excluding carboxylic acids is 1. The summed E-state index contributed by atoms with van der Waals surface area (Å²) in [5, 5.41) is 0.684. The summed E-state index contributed by atoms with van der Waals surface area (Å²) in [6.45, 7) is 4.12. The van der Waals surface area contributed by atoms with E-state index in [2.05, 4.69) is 13.0 Å². The minimum Gasteiger partial charge on any atom is -0.289 e. The van der Waals surface area contributed by atoms with E-state index in [1.165, 1.54) is 11.1 Å². The monoisotopic (exact) mass is 296 g/mol. The number of Topliss-reactive ketones (excluding diaryl/α,β-unsaturated/α-hetero) is 1. The fourth-order valence-electron chi connectivity index (χ4n) is 3.00. The number of aryl methyl sites for hydroxylation is 2. The molecule has 0 aromatic heterocycles. The molecule has 0 fully saturated rings. The number of ketones is 1. The first-order chi connectivity index (χ1) is 10.1. The van der Waals surface area contributed by atoms with Gasteiger partial charge in [0.25, 0.3) is 0 Å². The van der Waals surface area contributed by atoms with Crippen LogP contribution >= 0.6 is 11.6 Å². The lowest BCUT2D eigenvalue weighted by atomic mass is 9.83. The zero-order valence-corrected chi connectivity index (χ0v) is 13.0. The molecule has 0 saturated carbocycles. The number of benzene rings is 2. The van der Waals surface area contributed by atoms with Crippen molar-refractivity contribution in [3.8, 4) is 0 Å². The van der Waals surface area contributed by atoms with E-state index in [4.69, 9.17) is 11.6 Å². The van der Waals surface area contributed by atoms with Crippen LogP contribution in [-0.4, -0.2) is 5.78 Å². The van der Waals surface area contributed by atoms with Crippen molar-refractivity contribution in [1.82, 2.24) is 0 Å². The highest BCUT2D eigenvalue weighted by atomic mass is 35.5. The minimum absolute atomic E-state index is 0.142. The number of carbonyl (C=O) groups is 1. The fraction of sp³-hybridized carbons (Fsp3) is 0.211. The summed E-state index contributed by atoms with van der Waals surface area (Å²) in [5.41, 5.74) is 6.17. The maximum Gasteiger partial charge on any atom is 0.189 e.